The summed E-state index contributed by atoms with van der Waals surface area (Å²) in [6.07, 6.45) is 4.78. The Labute approximate surface area is 241 Å². The second-order valence-electron chi connectivity index (χ2n) is 8.84. The van der Waals surface area contributed by atoms with E-state index in [0.29, 0.717) is 47.2 Å². The van der Waals surface area contributed by atoms with Crippen molar-refractivity contribution in [1.82, 2.24) is 10.3 Å². The lowest BCUT2D eigenvalue weighted by molar-refractivity contribution is -0.114. The molecule has 0 unspecified atom stereocenters. The minimum atomic E-state index is -0.503. The molecule has 0 aliphatic carbocycles. The lowest BCUT2D eigenvalue weighted by Crippen LogP contribution is -2.30. The minimum absolute atomic E-state index is 0.0590. The van der Waals surface area contributed by atoms with Crippen molar-refractivity contribution in [3.8, 4) is 11.5 Å². The molecule has 1 aliphatic rings. The molecule has 0 bridgehead atoms. The maximum Gasteiger partial charge on any atom is 0.272 e. The number of fused-ring (bicyclic) bond motifs is 1. The summed E-state index contributed by atoms with van der Waals surface area (Å²) in [6, 6.07) is 24.6. The highest BCUT2D eigenvalue weighted by atomic mass is 32.2. The number of amides is 3. The van der Waals surface area contributed by atoms with Crippen molar-refractivity contribution < 1.29 is 23.9 Å². The molecule has 9 nitrogen and oxygen atoms in total. The maximum atomic E-state index is 13.3. The Morgan fingerprint density at radius 3 is 2.44 bits per heavy atom. The Bertz CT molecular complexity index is 1580. The Morgan fingerprint density at radius 1 is 0.829 bits per heavy atom. The molecule has 10 heteroatoms. The Hall–Kier alpha value is -5.09. The first kappa shape index (κ1) is 27.5. The minimum Gasteiger partial charge on any atom is -0.486 e. The first-order valence-electron chi connectivity index (χ1n) is 12.8. The Kier molecular flexibility index (Phi) is 8.92. The molecule has 5 rings (SSSR count). The summed E-state index contributed by atoms with van der Waals surface area (Å²) >= 11 is 1.32. The molecule has 0 fully saturated rings. The molecule has 3 amide bonds. The fourth-order valence-corrected chi connectivity index (χ4v) is 4.65. The number of aromatic nitrogens is 1. The smallest absolute Gasteiger partial charge is 0.272 e. The molecule has 3 N–H and O–H groups in total. The molecule has 3 aromatic carbocycles. The topological polar surface area (TPSA) is 119 Å². The van der Waals surface area contributed by atoms with E-state index in [9.17, 15) is 14.4 Å². The fraction of sp³-hybridized carbons (Fsp3) is 0.0968. The molecule has 4 aromatic rings. The number of hydrogen-bond acceptors (Lipinski definition) is 7. The van der Waals surface area contributed by atoms with E-state index in [1.54, 1.807) is 91.3 Å². The zero-order valence-electron chi connectivity index (χ0n) is 21.8. The van der Waals surface area contributed by atoms with Crippen LogP contribution in [0.4, 0.5) is 11.4 Å². The second kappa shape index (κ2) is 13.3. The van der Waals surface area contributed by atoms with Crippen LogP contribution in [0.5, 0.6) is 11.5 Å². The van der Waals surface area contributed by atoms with Crippen molar-refractivity contribution in [3.05, 3.63) is 114 Å². The molecule has 206 valence electrons. The fourth-order valence-electron chi connectivity index (χ4n) is 3.90. The van der Waals surface area contributed by atoms with Crippen LogP contribution in [0.3, 0.4) is 0 Å². The van der Waals surface area contributed by atoms with Gasteiger partial charge in [-0.2, -0.15) is 0 Å². The number of benzene rings is 3. The van der Waals surface area contributed by atoms with Crippen LogP contribution in [0.15, 0.2) is 108 Å². The summed E-state index contributed by atoms with van der Waals surface area (Å²) in [4.78, 5) is 43.5. The molecule has 0 saturated carbocycles. The van der Waals surface area contributed by atoms with Crippen molar-refractivity contribution in [1.29, 1.82) is 0 Å². The van der Waals surface area contributed by atoms with E-state index >= 15 is 0 Å². The highest BCUT2D eigenvalue weighted by Gasteiger charge is 2.16. The number of nitrogens with one attached hydrogen (secondary N) is 3. The van der Waals surface area contributed by atoms with Crippen LogP contribution in [0, 0.1) is 0 Å². The number of nitrogens with zero attached hydrogens (tertiary/aromatic N) is 1. The van der Waals surface area contributed by atoms with E-state index in [1.165, 1.54) is 11.8 Å². The molecule has 1 aromatic heterocycles. The summed E-state index contributed by atoms with van der Waals surface area (Å²) in [7, 11) is 0. The first-order chi connectivity index (χ1) is 20.0. The number of ether oxygens (including phenoxy) is 2. The predicted octanol–water partition coefficient (Wildman–Crippen LogP) is 4.99. The van der Waals surface area contributed by atoms with Crippen LogP contribution in [0.1, 0.15) is 15.9 Å². The average Bonchev–Trinajstić information content (AvgIpc) is 3.01. The van der Waals surface area contributed by atoms with Gasteiger partial charge in [-0.1, -0.05) is 30.3 Å². The highest BCUT2D eigenvalue weighted by Crippen LogP contribution is 2.32. The van der Waals surface area contributed by atoms with E-state index in [0.717, 1.165) is 4.90 Å². The van der Waals surface area contributed by atoms with Crippen LogP contribution >= 0.6 is 11.8 Å². The summed E-state index contributed by atoms with van der Waals surface area (Å²) in [5.74, 6) is 0.306. The van der Waals surface area contributed by atoms with Gasteiger partial charge in [-0.3, -0.25) is 19.4 Å². The van der Waals surface area contributed by atoms with E-state index in [2.05, 4.69) is 20.9 Å². The Balaban J connectivity index is 1.22. The molecule has 2 heterocycles. The summed E-state index contributed by atoms with van der Waals surface area (Å²) < 4.78 is 11.1. The SMILES string of the molecule is O=C(CSc1cccc(NC(=O)/C(=C/c2cccnc2)NC(=O)c2ccccc2)c1)Nc1ccc2c(c1)OCCO2. The van der Waals surface area contributed by atoms with E-state index < -0.39 is 11.8 Å². The van der Waals surface area contributed by atoms with Crippen molar-refractivity contribution >= 4 is 46.9 Å². The van der Waals surface area contributed by atoms with Crippen LogP contribution in [0.25, 0.3) is 6.08 Å². The number of carbonyl (C=O) groups excluding carboxylic acids is 3. The van der Waals surface area contributed by atoms with E-state index in [-0.39, 0.29) is 17.4 Å². The lowest BCUT2D eigenvalue weighted by atomic mass is 10.2. The zero-order chi connectivity index (χ0) is 28.4. The Morgan fingerprint density at radius 2 is 1.63 bits per heavy atom. The van der Waals surface area contributed by atoms with Crippen molar-refractivity contribution in [3.63, 3.8) is 0 Å². The van der Waals surface area contributed by atoms with Gasteiger partial charge in [-0.05, 0) is 60.2 Å². The van der Waals surface area contributed by atoms with Gasteiger partial charge in [-0.15, -0.1) is 11.8 Å². The molecule has 41 heavy (non-hydrogen) atoms. The molecular weight excluding hydrogens is 540 g/mol. The summed E-state index contributed by atoms with van der Waals surface area (Å²) in [5, 5.41) is 8.40. The van der Waals surface area contributed by atoms with Crippen molar-refractivity contribution in [2.45, 2.75) is 4.90 Å². The van der Waals surface area contributed by atoms with E-state index in [4.69, 9.17) is 9.47 Å². The number of thioether (sulfide) groups is 1. The third kappa shape index (κ3) is 7.74. The number of carbonyl (C=O) groups is 3. The molecule has 1 aliphatic heterocycles. The lowest BCUT2D eigenvalue weighted by Gasteiger charge is -2.19. The van der Waals surface area contributed by atoms with Gasteiger partial charge in [0.05, 0.1) is 5.75 Å². The number of pyridine rings is 1. The largest absolute Gasteiger partial charge is 0.486 e. The van der Waals surface area contributed by atoms with Gasteiger partial charge in [0.15, 0.2) is 11.5 Å². The maximum absolute atomic E-state index is 13.3. The van der Waals surface area contributed by atoms with Gasteiger partial charge < -0.3 is 25.4 Å². The zero-order valence-corrected chi connectivity index (χ0v) is 22.6. The molecule has 0 spiro atoms. The van der Waals surface area contributed by atoms with Crippen LogP contribution in [-0.2, 0) is 9.59 Å². The third-order valence-electron chi connectivity index (χ3n) is 5.81. The molecule has 0 saturated heterocycles. The number of rotatable bonds is 9. The van der Waals surface area contributed by atoms with Gasteiger partial charge in [0.2, 0.25) is 5.91 Å². The van der Waals surface area contributed by atoms with Gasteiger partial charge in [0, 0.05) is 40.3 Å². The summed E-state index contributed by atoms with van der Waals surface area (Å²) in [6.45, 7) is 0.965. The van der Waals surface area contributed by atoms with E-state index in [1.807, 2.05) is 12.1 Å². The monoisotopic (exact) mass is 566 g/mol. The van der Waals surface area contributed by atoms with Gasteiger partial charge in [0.1, 0.15) is 18.9 Å². The standard InChI is InChI=1S/C31H26N4O5S/c36-29(33-24-11-12-27-28(18-24)40-15-14-39-27)20-41-25-10-4-9-23(17-25)34-31(38)26(16-21-6-5-13-32-19-21)35-30(37)22-7-2-1-3-8-22/h1-13,16-19H,14-15,20H2,(H,33,36)(H,34,38)(H,35,37)/b26-16-. The van der Waals surface area contributed by atoms with Crippen molar-refractivity contribution in [2.75, 3.05) is 29.6 Å². The normalized spacial score (nSPS) is 12.2. The first-order valence-corrected chi connectivity index (χ1v) is 13.7. The highest BCUT2D eigenvalue weighted by molar-refractivity contribution is 8.00. The number of hydrogen-bond donors (Lipinski definition) is 3. The molecule has 0 atom stereocenters. The van der Waals surface area contributed by atoms with Gasteiger partial charge >= 0.3 is 0 Å². The molecule has 0 radical (unpaired) electrons. The average molecular weight is 567 g/mol. The third-order valence-corrected chi connectivity index (χ3v) is 6.81. The van der Waals surface area contributed by atoms with Gasteiger partial charge in [0.25, 0.3) is 11.8 Å². The van der Waals surface area contributed by atoms with Crippen molar-refractivity contribution in [2.24, 2.45) is 0 Å². The van der Waals surface area contributed by atoms with Crippen LogP contribution in [0.2, 0.25) is 0 Å². The predicted molar refractivity (Wildman–Crippen MR) is 158 cm³/mol. The molecular formula is C31H26N4O5S. The quantitative estimate of drug-likeness (QED) is 0.193. The van der Waals surface area contributed by atoms with Gasteiger partial charge in [-0.25, -0.2) is 0 Å². The number of anilines is 2. The van der Waals surface area contributed by atoms with Crippen LogP contribution in [-0.4, -0.2) is 41.7 Å². The second-order valence-corrected chi connectivity index (χ2v) is 9.89. The van der Waals surface area contributed by atoms with Crippen LogP contribution < -0.4 is 25.4 Å². The summed E-state index contributed by atoms with van der Waals surface area (Å²) in [5.41, 5.74) is 2.26.